The summed E-state index contributed by atoms with van der Waals surface area (Å²) >= 11 is 1.64. The molecule has 1 amide bonds. The topological polar surface area (TPSA) is 23.6 Å². The van der Waals surface area contributed by atoms with Gasteiger partial charge in [0.15, 0.2) is 0 Å². The maximum atomic E-state index is 12.3. The normalized spacial score (nSPS) is 17.5. The quantitative estimate of drug-likeness (QED) is 0.804. The van der Waals surface area contributed by atoms with E-state index < -0.39 is 0 Å². The fourth-order valence-electron chi connectivity index (χ4n) is 2.14. The molecule has 2 rings (SSSR count). The summed E-state index contributed by atoms with van der Waals surface area (Å²) in [6.45, 7) is 7.92. The number of carbonyl (C=O) groups is 1. The third-order valence-electron chi connectivity index (χ3n) is 3.40. The molecule has 0 atom stereocenters. The summed E-state index contributed by atoms with van der Waals surface area (Å²) in [6, 6.07) is 2.07. The zero-order valence-corrected chi connectivity index (χ0v) is 11.6. The van der Waals surface area contributed by atoms with E-state index in [1.165, 1.54) is 10.4 Å². The van der Waals surface area contributed by atoms with Gasteiger partial charge in [0.2, 0.25) is 0 Å². The molecule has 0 saturated carbocycles. The maximum absolute atomic E-state index is 12.3. The lowest BCUT2D eigenvalue weighted by molar-refractivity contribution is 0.0669. The van der Waals surface area contributed by atoms with Crippen LogP contribution < -0.4 is 0 Å². The van der Waals surface area contributed by atoms with Gasteiger partial charge in [-0.15, -0.1) is 11.3 Å². The Morgan fingerprint density at radius 3 is 2.53 bits per heavy atom. The van der Waals surface area contributed by atoms with E-state index >= 15 is 0 Å². The Bertz CT molecular complexity index is 406. The van der Waals surface area contributed by atoms with Gasteiger partial charge in [0.05, 0.1) is 4.88 Å². The fraction of sp³-hybridized carbons (Fsp3) is 0.615. The Labute approximate surface area is 107 Å². The molecule has 1 fully saturated rings. The van der Waals surface area contributed by atoms with Crippen molar-refractivity contribution >= 4 is 17.2 Å². The molecule has 0 unspecified atom stereocenters. The zero-order chi connectivity index (χ0) is 12.4. The van der Waals surface area contributed by atoms with Crippen LogP contribution in [0.25, 0.3) is 0 Å². The van der Waals surface area contributed by atoms with Crippen molar-refractivity contribution in [1.82, 2.24) is 9.80 Å². The van der Waals surface area contributed by atoms with Crippen LogP contribution in [0.5, 0.6) is 0 Å². The summed E-state index contributed by atoms with van der Waals surface area (Å²) in [6.07, 6.45) is 1.01. The SMILES string of the molecule is CCc1cc(C(=O)N2CCN(C)CC2)sc1C. The van der Waals surface area contributed by atoms with Gasteiger partial charge in [-0.3, -0.25) is 4.79 Å². The molecule has 4 heteroatoms. The number of aryl methyl sites for hydroxylation is 2. The highest BCUT2D eigenvalue weighted by Gasteiger charge is 2.22. The summed E-state index contributed by atoms with van der Waals surface area (Å²) in [5.74, 6) is 0.214. The molecule has 94 valence electrons. The number of piperazine rings is 1. The second kappa shape index (κ2) is 5.19. The van der Waals surface area contributed by atoms with Gasteiger partial charge in [0, 0.05) is 31.1 Å². The molecule has 0 aromatic carbocycles. The molecule has 0 spiro atoms. The molecule has 0 radical (unpaired) electrons. The van der Waals surface area contributed by atoms with Gasteiger partial charge in [-0.25, -0.2) is 0 Å². The van der Waals surface area contributed by atoms with Gasteiger partial charge in [0.25, 0.3) is 5.91 Å². The number of likely N-dealkylation sites (N-methyl/N-ethyl adjacent to an activating group) is 1. The van der Waals surface area contributed by atoms with E-state index in [2.05, 4.69) is 31.9 Å². The first-order valence-corrected chi connectivity index (χ1v) is 7.00. The second-order valence-corrected chi connectivity index (χ2v) is 5.90. The number of carbonyl (C=O) groups excluding carboxylic acids is 1. The third kappa shape index (κ3) is 2.69. The molecule has 2 heterocycles. The molecule has 17 heavy (non-hydrogen) atoms. The molecular weight excluding hydrogens is 232 g/mol. The van der Waals surface area contributed by atoms with Crippen LogP contribution in [-0.4, -0.2) is 48.9 Å². The van der Waals surface area contributed by atoms with Gasteiger partial charge in [-0.1, -0.05) is 6.92 Å². The lowest BCUT2D eigenvalue weighted by atomic mass is 10.2. The third-order valence-corrected chi connectivity index (χ3v) is 4.48. The van der Waals surface area contributed by atoms with Crippen LogP contribution >= 0.6 is 11.3 Å². The minimum absolute atomic E-state index is 0.214. The first kappa shape index (κ1) is 12.6. The minimum Gasteiger partial charge on any atom is -0.335 e. The van der Waals surface area contributed by atoms with Crippen LogP contribution in [0.4, 0.5) is 0 Å². The number of nitrogens with zero attached hydrogens (tertiary/aromatic N) is 2. The summed E-state index contributed by atoms with van der Waals surface area (Å²) in [4.78, 5) is 18.7. The van der Waals surface area contributed by atoms with Crippen LogP contribution in [-0.2, 0) is 6.42 Å². The van der Waals surface area contributed by atoms with Crippen LogP contribution in [0.3, 0.4) is 0 Å². The monoisotopic (exact) mass is 252 g/mol. The van der Waals surface area contributed by atoms with Gasteiger partial charge >= 0.3 is 0 Å². The molecule has 1 saturated heterocycles. The minimum atomic E-state index is 0.214. The van der Waals surface area contributed by atoms with Crippen molar-refractivity contribution in [3.8, 4) is 0 Å². The number of hydrogen-bond donors (Lipinski definition) is 0. The van der Waals surface area contributed by atoms with E-state index in [1.807, 2.05) is 4.90 Å². The highest BCUT2D eigenvalue weighted by atomic mass is 32.1. The summed E-state index contributed by atoms with van der Waals surface area (Å²) in [5, 5.41) is 0. The maximum Gasteiger partial charge on any atom is 0.264 e. The smallest absolute Gasteiger partial charge is 0.264 e. The lowest BCUT2D eigenvalue weighted by Crippen LogP contribution is -2.46. The molecular formula is C13H20N2OS. The van der Waals surface area contributed by atoms with Crippen molar-refractivity contribution in [3.05, 3.63) is 21.4 Å². The van der Waals surface area contributed by atoms with Gasteiger partial charge < -0.3 is 9.80 Å². The Balaban J connectivity index is 2.08. The van der Waals surface area contributed by atoms with Crippen molar-refractivity contribution in [2.45, 2.75) is 20.3 Å². The van der Waals surface area contributed by atoms with Crippen molar-refractivity contribution in [2.75, 3.05) is 33.2 Å². The van der Waals surface area contributed by atoms with Crippen molar-refractivity contribution in [3.63, 3.8) is 0 Å². The highest BCUT2D eigenvalue weighted by Crippen LogP contribution is 2.23. The molecule has 0 bridgehead atoms. The van der Waals surface area contributed by atoms with Crippen LogP contribution in [0.2, 0.25) is 0 Å². The predicted molar refractivity (Wildman–Crippen MR) is 71.8 cm³/mol. The van der Waals surface area contributed by atoms with E-state index in [0.717, 1.165) is 37.5 Å². The van der Waals surface area contributed by atoms with Crippen molar-refractivity contribution in [2.24, 2.45) is 0 Å². The predicted octanol–water partition coefficient (Wildman–Crippen LogP) is 2.01. The average molecular weight is 252 g/mol. The number of hydrogen-bond acceptors (Lipinski definition) is 3. The Hall–Kier alpha value is -0.870. The lowest BCUT2D eigenvalue weighted by Gasteiger charge is -2.32. The fourth-order valence-corrected chi connectivity index (χ4v) is 3.22. The Morgan fingerprint density at radius 2 is 2.00 bits per heavy atom. The van der Waals surface area contributed by atoms with Gasteiger partial charge in [-0.05, 0) is 32.0 Å². The molecule has 0 N–H and O–H groups in total. The summed E-state index contributed by atoms with van der Waals surface area (Å²) in [7, 11) is 2.10. The van der Waals surface area contributed by atoms with Crippen LogP contribution in [0.1, 0.15) is 27.0 Å². The molecule has 1 aromatic rings. The van der Waals surface area contributed by atoms with E-state index in [1.54, 1.807) is 11.3 Å². The highest BCUT2D eigenvalue weighted by molar-refractivity contribution is 7.14. The number of rotatable bonds is 2. The van der Waals surface area contributed by atoms with Crippen LogP contribution in [0.15, 0.2) is 6.07 Å². The standard InChI is InChI=1S/C13H20N2OS/c1-4-11-9-12(17-10(11)2)13(16)15-7-5-14(3)6-8-15/h9H,4-8H2,1-3H3. The second-order valence-electron chi connectivity index (χ2n) is 4.64. The van der Waals surface area contributed by atoms with E-state index in [4.69, 9.17) is 0 Å². The number of amides is 1. The largest absolute Gasteiger partial charge is 0.335 e. The summed E-state index contributed by atoms with van der Waals surface area (Å²) < 4.78 is 0. The summed E-state index contributed by atoms with van der Waals surface area (Å²) in [5.41, 5.74) is 1.31. The average Bonchev–Trinajstić information content (AvgIpc) is 2.70. The zero-order valence-electron chi connectivity index (χ0n) is 10.8. The van der Waals surface area contributed by atoms with E-state index in [0.29, 0.717) is 0 Å². The molecule has 0 aliphatic carbocycles. The molecule has 1 aliphatic heterocycles. The van der Waals surface area contributed by atoms with Crippen molar-refractivity contribution in [1.29, 1.82) is 0 Å². The first-order valence-electron chi connectivity index (χ1n) is 6.19. The molecule has 1 aromatic heterocycles. The Kier molecular flexibility index (Phi) is 3.84. The van der Waals surface area contributed by atoms with E-state index in [9.17, 15) is 4.79 Å². The first-order chi connectivity index (χ1) is 8.11. The molecule has 1 aliphatic rings. The van der Waals surface area contributed by atoms with Gasteiger partial charge in [0.1, 0.15) is 0 Å². The molecule has 3 nitrogen and oxygen atoms in total. The van der Waals surface area contributed by atoms with Crippen molar-refractivity contribution < 1.29 is 4.79 Å². The van der Waals surface area contributed by atoms with Gasteiger partial charge in [-0.2, -0.15) is 0 Å². The Morgan fingerprint density at radius 1 is 1.35 bits per heavy atom. The van der Waals surface area contributed by atoms with Crippen LogP contribution in [0, 0.1) is 6.92 Å². The number of thiophene rings is 1. The van der Waals surface area contributed by atoms with E-state index in [-0.39, 0.29) is 5.91 Å².